The molecule has 0 spiro atoms. The maximum atomic E-state index is 12.7. The minimum atomic E-state index is -0.288. The molecule has 104 valence electrons. The van der Waals surface area contributed by atoms with E-state index in [1.807, 2.05) is 0 Å². The van der Waals surface area contributed by atoms with E-state index in [1.54, 1.807) is 12.1 Å². The van der Waals surface area contributed by atoms with Gasteiger partial charge < -0.3 is 10.4 Å². The molecule has 3 nitrogen and oxygen atoms in total. The molecular weight excluding hydrogens is 265 g/mol. The van der Waals surface area contributed by atoms with E-state index in [4.69, 9.17) is 0 Å². The van der Waals surface area contributed by atoms with Gasteiger partial charge in [0.15, 0.2) is 0 Å². The monoisotopic (exact) mass is 283 g/mol. The Morgan fingerprint density at radius 2 is 2.11 bits per heavy atom. The molecule has 2 rings (SSSR count). The van der Waals surface area contributed by atoms with E-state index in [9.17, 15) is 14.3 Å². The van der Waals surface area contributed by atoms with E-state index in [-0.39, 0.29) is 23.9 Å². The number of aliphatic hydroxyl groups excluding tert-OH is 1. The van der Waals surface area contributed by atoms with Gasteiger partial charge in [-0.1, -0.05) is 0 Å². The standard InChI is InChI=1S/C14H18FNO2S/c15-10-4-6-13(7-5-10)19-9-14(18)16-11-2-1-3-12(17)8-11/h4-7,11-12,17H,1-3,8-9H2,(H,16,18)/t11-,12+/m1/s1. The molecule has 1 aliphatic carbocycles. The zero-order chi connectivity index (χ0) is 13.7. The third-order valence-electron chi connectivity index (χ3n) is 3.20. The topological polar surface area (TPSA) is 49.3 Å². The second-order valence-corrected chi connectivity index (χ2v) is 5.88. The van der Waals surface area contributed by atoms with Crippen molar-refractivity contribution in [2.45, 2.75) is 42.7 Å². The average molecular weight is 283 g/mol. The first-order valence-corrected chi connectivity index (χ1v) is 7.48. The van der Waals surface area contributed by atoms with Crippen LogP contribution in [-0.2, 0) is 4.79 Å². The van der Waals surface area contributed by atoms with Crippen LogP contribution < -0.4 is 5.32 Å². The summed E-state index contributed by atoms with van der Waals surface area (Å²) in [5.41, 5.74) is 0. The van der Waals surface area contributed by atoms with Crippen LogP contribution in [0.3, 0.4) is 0 Å². The third kappa shape index (κ3) is 4.84. The molecule has 0 aromatic heterocycles. The Balaban J connectivity index is 1.73. The zero-order valence-corrected chi connectivity index (χ0v) is 11.5. The van der Waals surface area contributed by atoms with Gasteiger partial charge in [0.05, 0.1) is 11.9 Å². The van der Waals surface area contributed by atoms with Crippen molar-refractivity contribution in [3.05, 3.63) is 30.1 Å². The predicted octanol–water partition coefficient (Wildman–Crippen LogP) is 2.34. The predicted molar refractivity (Wildman–Crippen MR) is 73.5 cm³/mol. The minimum Gasteiger partial charge on any atom is -0.393 e. The number of hydrogen-bond donors (Lipinski definition) is 2. The summed E-state index contributed by atoms with van der Waals surface area (Å²) in [7, 11) is 0. The Morgan fingerprint density at radius 1 is 1.37 bits per heavy atom. The zero-order valence-electron chi connectivity index (χ0n) is 10.6. The highest BCUT2D eigenvalue weighted by Gasteiger charge is 2.21. The van der Waals surface area contributed by atoms with E-state index in [0.717, 1.165) is 24.2 Å². The van der Waals surface area contributed by atoms with Gasteiger partial charge >= 0.3 is 0 Å². The van der Waals surface area contributed by atoms with Crippen molar-refractivity contribution < 1.29 is 14.3 Å². The molecule has 1 amide bonds. The molecule has 0 unspecified atom stereocenters. The number of nitrogens with one attached hydrogen (secondary N) is 1. The van der Waals surface area contributed by atoms with Crippen LogP contribution in [0.1, 0.15) is 25.7 Å². The molecule has 1 aromatic carbocycles. The fraction of sp³-hybridized carbons (Fsp3) is 0.500. The molecule has 1 aromatic rings. The van der Waals surface area contributed by atoms with E-state index in [2.05, 4.69) is 5.32 Å². The van der Waals surface area contributed by atoms with Gasteiger partial charge in [-0.15, -0.1) is 11.8 Å². The Kier molecular flexibility index (Phi) is 5.22. The molecule has 0 saturated heterocycles. The van der Waals surface area contributed by atoms with E-state index in [1.165, 1.54) is 23.9 Å². The van der Waals surface area contributed by atoms with Crippen LogP contribution in [0.2, 0.25) is 0 Å². The summed E-state index contributed by atoms with van der Waals surface area (Å²) in [6, 6.07) is 6.19. The van der Waals surface area contributed by atoms with Crippen LogP contribution in [0.15, 0.2) is 29.2 Å². The molecule has 0 heterocycles. The van der Waals surface area contributed by atoms with Gasteiger partial charge in [0.1, 0.15) is 5.82 Å². The second kappa shape index (κ2) is 6.91. The van der Waals surface area contributed by atoms with Gasteiger partial charge in [0.25, 0.3) is 0 Å². The van der Waals surface area contributed by atoms with Gasteiger partial charge in [0, 0.05) is 10.9 Å². The Hall–Kier alpha value is -1.07. The Bertz CT molecular complexity index is 424. The molecule has 1 saturated carbocycles. The molecule has 0 radical (unpaired) electrons. The van der Waals surface area contributed by atoms with Crippen LogP contribution in [0.5, 0.6) is 0 Å². The molecule has 19 heavy (non-hydrogen) atoms. The smallest absolute Gasteiger partial charge is 0.230 e. The van der Waals surface area contributed by atoms with Crippen molar-refractivity contribution in [1.82, 2.24) is 5.32 Å². The number of amides is 1. The Morgan fingerprint density at radius 3 is 2.79 bits per heavy atom. The molecule has 1 fully saturated rings. The third-order valence-corrected chi connectivity index (χ3v) is 4.21. The molecule has 1 aliphatic rings. The molecule has 0 aliphatic heterocycles. The second-order valence-electron chi connectivity index (χ2n) is 4.83. The van der Waals surface area contributed by atoms with Crippen molar-refractivity contribution in [3.63, 3.8) is 0 Å². The highest BCUT2D eigenvalue weighted by Crippen LogP contribution is 2.20. The van der Waals surface area contributed by atoms with Gasteiger partial charge in [-0.2, -0.15) is 0 Å². The van der Waals surface area contributed by atoms with Gasteiger partial charge in [-0.05, 0) is 49.9 Å². The number of benzene rings is 1. The fourth-order valence-corrected chi connectivity index (χ4v) is 2.95. The summed E-state index contributed by atoms with van der Waals surface area (Å²) in [5, 5.41) is 12.5. The van der Waals surface area contributed by atoms with Crippen molar-refractivity contribution in [2.75, 3.05) is 5.75 Å². The van der Waals surface area contributed by atoms with Gasteiger partial charge in [-0.25, -0.2) is 4.39 Å². The fourth-order valence-electron chi connectivity index (χ4n) is 2.24. The largest absolute Gasteiger partial charge is 0.393 e. The summed E-state index contributed by atoms with van der Waals surface area (Å²) < 4.78 is 12.7. The summed E-state index contributed by atoms with van der Waals surface area (Å²) >= 11 is 1.39. The maximum absolute atomic E-state index is 12.7. The SMILES string of the molecule is O=C(CSc1ccc(F)cc1)N[C@@H]1CCC[C@H](O)C1. The van der Waals surface area contributed by atoms with Crippen molar-refractivity contribution in [3.8, 4) is 0 Å². The summed E-state index contributed by atoms with van der Waals surface area (Å²) in [6.07, 6.45) is 3.08. The first-order valence-electron chi connectivity index (χ1n) is 6.49. The maximum Gasteiger partial charge on any atom is 0.230 e. The molecule has 0 bridgehead atoms. The Labute approximate surface area is 116 Å². The van der Waals surface area contributed by atoms with Gasteiger partial charge in [0.2, 0.25) is 5.91 Å². The summed E-state index contributed by atoms with van der Waals surface area (Å²) in [4.78, 5) is 12.6. The number of rotatable bonds is 4. The number of carbonyl (C=O) groups is 1. The number of carbonyl (C=O) groups excluding carboxylic acids is 1. The van der Waals surface area contributed by atoms with Crippen molar-refractivity contribution in [2.24, 2.45) is 0 Å². The quantitative estimate of drug-likeness (QED) is 0.834. The average Bonchev–Trinajstić information content (AvgIpc) is 2.38. The molecule has 2 atom stereocenters. The van der Waals surface area contributed by atoms with Crippen LogP contribution in [0, 0.1) is 5.82 Å². The van der Waals surface area contributed by atoms with Crippen LogP contribution in [-0.4, -0.2) is 28.9 Å². The lowest BCUT2D eigenvalue weighted by molar-refractivity contribution is -0.119. The minimum absolute atomic E-state index is 0.0339. The van der Waals surface area contributed by atoms with Gasteiger partial charge in [-0.3, -0.25) is 4.79 Å². The normalized spacial score (nSPS) is 23.1. The van der Waals surface area contributed by atoms with E-state index in [0.29, 0.717) is 12.2 Å². The lowest BCUT2D eigenvalue weighted by Crippen LogP contribution is -2.40. The number of hydrogen-bond acceptors (Lipinski definition) is 3. The van der Waals surface area contributed by atoms with Crippen LogP contribution >= 0.6 is 11.8 Å². The van der Waals surface area contributed by atoms with E-state index < -0.39 is 0 Å². The van der Waals surface area contributed by atoms with Crippen LogP contribution in [0.25, 0.3) is 0 Å². The summed E-state index contributed by atoms with van der Waals surface area (Å²) in [6.45, 7) is 0. The molecular formula is C14H18FNO2S. The lowest BCUT2D eigenvalue weighted by atomic mass is 9.93. The molecule has 2 N–H and O–H groups in total. The van der Waals surface area contributed by atoms with E-state index >= 15 is 0 Å². The first kappa shape index (κ1) is 14.3. The highest BCUT2D eigenvalue weighted by atomic mass is 32.2. The number of aliphatic hydroxyl groups is 1. The summed E-state index contributed by atoms with van der Waals surface area (Å²) in [5.74, 6) is 0.0107. The van der Waals surface area contributed by atoms with Crippen molar-refractivity contribution in [1.29, 1.82) is 0 Å². The first-order chi connectivity index (χ1) is 9.13. The van der Waals surface area contributed by atoms with Crippen molar-refractivity contribution >= 4 is 17.7 Å². The number of halogens is 1. The lowest BCUT2D eigenvalue weighted by Gasteiger charge is -2.26. The molecule has 5 heteroatoms. The number of thioether (sulfide) groups is 1. The van der Waals surface area contributed by atoms with Crippen LogP contribution in [0.4, 0.5) is 4.39 Å². The highest BCUT2D eigenvalue weighted by molar-refractivity contribution is 8.00.